The summed E-state index contributed by atoms with van der Waals surface area (Å²) in [4.78, 5) is 17.2. The molecule has 1 aromatic heterocycles. The van der Waals surface area contributed by atoms with Gasteiger partial charge in [0.25, 0.3) is 5.91 Å². The van der Waals surface area contributed by atoms with Gasteiger partial charge in [-0.05, 0) is 38.1 Å². The largest absolute Gasteiger partial charge is 0.488 e. The molecule has 1 saturated heterocycles. The molecular formula is C17H21N3O5S3. The van der Waals surface area contributed by atoms with E-state index < -0.39 is 26.7 Å². The molecule has 1 amide bonds. The van der Waals surface area contributed by atoms with Crippen molar-refractivity contribution >= 4 is 39.0 Å². The molecule has 2 N–H and O–H groups in total. The number of amides is 1. The van der Waals surface area contributed by atoms with Crippen LogP contribution in [0.25, 0.3) is 0 Å². The Kier molecular flexibility index (Phi) is 6.30. The Morgan fingerprint density at radius 1 is 1.39 bits per heavy atom. The van der Waals surface area contributed by atoms with Gasteiger partial charge in [-0.15, -0.1) is 11.3 Å². The third-order valence-electron chi connectivity index (χ3n) is 4.39. The van der Waals surface area contributed by atoms with Crippen molar-refractivity contribution in [3.05, 3.63) is 40.8 Å². The Balaban J connectivity index is 1.81. The van der Waals surface area contributed by atoms with E-state index in [9.17, 15) is 13.2 Å². The Hall–Kier alpha value is -1.66. The number of carbonyl (C=O) groups excluding carboxylic acids is 1. The van der Waals surface area contributed by atoms with Gasteiger partial charge < -0.3 is 4.74 Å². The summed E-state index contributed by atoms with van der Waals surface area (Å²) in [5.41, 5.74) is 3.31. The molecule has 28 heavy (non-hydrogen) atoms. The molecule has 1 atom stereocenters. The molecule has 8 nitrogen and oxygen atoms in total. The summed E-state index contributed by atoms with van der Waals surface area (Å²) in [5, 5.41) is 9.10. The molecule has 0 radical (unpaired) electrons. The number of sulfonamides is 1. The van der Waals surface area contributed by atoms with Gasteiger partial charge in [-0.3, -0.25) is 15.0 Å². The van der Waals surface area contributed by atoms with Crippen LogP contribution in [0.4, 0.5) is 0 Å². The fourth-order valence-corrected chi connectivity index (χ4v) is 6.64. The topological polar surface area (TPSA) is 109 Å². The maximum Gasteiger partial charge on any atom is 0.263 e. The Morgan fingerprint density at radius 3 is 2.71 bits per heavy atom. The summed E-state index contributed by atoms with van der Waals surface area (Å²) in [6.45, 7) is 4.11. The van der Waals surface area contributed by atoms with E-state index in [4.69, 9.17) is 9.94 Å². The second kappa shape index (κ2) is 8.37. The zero-order valence-corrected chi connectivity index (χ0v) is 17.8. The van der Waals surface area contributed by atoms with Crippen LogP contribution in [0.15, 0.2) is 40.9 Å². The lowest BCUT2D eigenvalue weighted by Gasteiger charge is -2.43. The first kappa shape index (κ1) is 21.1. The van der Waals surface area contributed by atoms with Gasteiger partial charge in [0, 0.05) is 23.2 Å². The molecule has 0 aliphatic carbocycles. The molecule has 3 rings (SSSR count). The average Bonchev–Trinajstić information content (AvgIpc) is 3.19. The van der Waals surface area contributed by atoms with Gasteiger partial charge >= 0.3 is 0 Å². The fraction of sp³-hybridized carbons (Fsp3) is 0.412. The smallest absolute Gasteiger partial charge is 0.263 e. The monoisotopic (exact) mass is 443 g/mol. The SMILES string of the molecule is CC1(C)SCCN(S(=O)(=O)c2ccc(OCc3cncs3)cc2)[C@H]1C(=O)NO. The third kappa shape index (κ3) is 4.33. The van der Waals surface area contributed by atoms with Gasteiger partial charge in [-0.25, -0.2) is 13.9 Å². The van der Waals surface area contributed by atoms with E-state index in [1.54, 1.807) is 43.2 Å². The number of thioether (sulfide) groups is 1. The Labute approximate surface area is 171 Å². The Bertz CT molecular complexity index is 914. The highest BCUT2D eigenvalue weighted by Gasteiger charge is 2.48. The number of rotatable bonds is 6. The van der Waals surface area contributed by atoms with Crippen molar-refractivity contribution < 1.29 is 23.2 Å². The van der Waals surface area contributed by atoms with Gasteiger partial charge in [0.15, 0.2) is 0 Å². The quantitative estimate of drug-likeness (QED) is 0.520. The molecule has 11 heteroatoms. The van der Waals surface area contributed by atoms with Gasteiger partial charge in [0.05, 0.1) is 15.3 Å². The predicted molar refractivity (Wildman–Crippen MR) is 107 cm³/mol. The molecule has 1 aromatic carbocycles. The summed E-state index contributed by atoms with van der Waals surface area (Å²) in [6, 6.07) is 5.06. The van der Waals surface area contributed by atoms with Crippen LogP contribution in [0.3, 0.4) is 0 Å². The van der Waals surface area contributed by atoms with Crippen LogP contribution >= 0.6 is 23.1 Å². The van der Waals surface area contributed by atoms with Crippen molar-refractivity contribution in [2.45, 2.75) is 36.1 Å². The highest BCUT2D eigenvalue weighted by molar-refractivity contribution is 8.00. The molecule has 1 fully saturated rings. The minimum atomic E-state index is -3.93. The number of carbonyl (C=O) groups is 1. The number of hydrogen-bond acceptors (Lipinski definition) is 8. The first-order valence-corrected chi connectivity index (χ1v) is 11.8. The second-order valence-electron chi connectivity index (χ2n) is 6.67. The predicted octanol–water partition coefficient (Wildman–Crippen LogP) is 2.11. The fourth-order valence-electron chi connectivity index (χ4n) is 3.03. The second-order valence-corrected chi connectivity index (χ2v) is 11.3. The zero-order valence-electron chi connectivity index (χ0n) is 15.4. The number of nitrogens with one attached hydrogen (secondary N) is 1. The van der Waals surface area contributed by atoms with E-state index in [2.05, 4.69) is 4.98 Å². The van der Waals surface area contributed by atoms with Crippen molar-refractivity contribution in [2.24, 2.45) is 0 Å². The number of aromatic nitrogens is 1. The molecule has 0 unspecified atom stereocenters. The molecule has 2 heterocycles. The van der Waals surface area contributed by atoms with Crippen LogP contribution in [0.1, 0.15) is 18.7 Å². The normalized spacial score (nSPS) is 19.9. The number of thiazole rings is 1. The minimum Gasteiger partial charge on any atom is -0.488 e. The van der Waals surface area contributed by atoms with Gasteiger partial charge in [0.2, 0.25) is 10.0 Å². The highest BCUT2D eigenvalue weighted by Crippen LogP contribution is 2.38. The number of ether oxygens (including phenoxy) is 1. The molecule has 0 bridgehead atoms. The lowest BCUT2D eigenvalue weighted by molar-refractivity contribution is -0.134. The summed E-state index contributed by atoms with van der Waals surface area (Å²) < 4.78 is 32.4. The van der Waals surface area contributed by atoms with E-state index in [0.717, 1.165) is 9.18 Å². The standard InChI is InChI=1S/C17H21N3O5S3/c1-17(2)15(16(21)19-22)20(7-8-27-17)28(23,24)14-5-3-12(4-6-14)25-10-13-9-18-11-26-13/h3-6,9,11,15,22H,7-8,10H2,1-2H3,(H,19,21)/t15-/m0/s1. The molecule has 152 valence electrons. The van der Waals surface area contributed by atoms with E-state index in [1.807, 2.05) is 0 Å². The van der Waals surface area contributed by atoms with Crippen LogP contribution in [0, 0.1) is 0 Å². The highest BCUT2D eigenvalue weighted by atomic mass is 32.2. The Morgan fingerprint density at radius 2 is 2.11 bits per heavy atom. The van der Waals surface area contributed by atoms with Crippen LogP contribution in [0.2, 0.25) is 0 Å². The van der Waals surface area contributed by atoms with Gasteiger partial charge in [-0.1, -0.05) is 0 Å². The zero-order chi connectivity index (χ0) is 20.4. The molecule has 0 spiro atoms. The molecule has 0 saturated carbocycles. The lowest BCUT2D eigenvalue weighted by atomic mass is 10.0. The summed E-state index contributed by atoms with van der Waals surface area (Å²) in [7, 11) is -3.93. The minimum absolute atomic E-state index is 0.0658. The van der Waals surface area contributed by atoms with Crippen molar-refractivity contribution in [1.29, 1.82) is 0 Å². The van der Waals surface area contributed by atoms with Crippen LogP contribution in [0.5, 0.6) is 5.75 Å². The molecule has 1 aliphatic rings. The first-order chi connectivity index (χ1) is 13.3. The van der Waals surface area contributed by atoms with Crippen molar-refractivity contribution in [1.82, 2.24) is 14.8 Å². The number of hydroxylamine groups is 1. The maximum absolute atomic E-state index is 13.2. The molecule has 1 aliphatic heterocycles. The summed E-state index contributed by atoms with van der Waals surface area (Å²) in [6.07, 6.45) is 1.71. The van der Waals surface area contributed by atoms with E-state index in [0.29, 0.717) is 18.1 Å². The summed E-state index contributed by atoms with van der Waals surface area (Å²) in [5.74, 6) is 0.342. The first-order valence-electron chi connectivity index (χ1n) is 8.45. The van der Waals surface area contributed by atoms with Crippen molar-refractivity contribution in [2.75, 3.05) is 12.3 Å². The summed E-state index contributed by atoms with van der Waals surface area (Å²) >= 11 is 2.97. The number of nitrogens with zero attached hydrogens (tertiary/aromatic N) is 2. The average molecular weight is 444 g/mol. The third-order valence-corrected chi connectivity index (χ3v) is 8.37. The van der Waals surface area contributed by atoms with E-state index in [1.165, 1.54) is 35.2 Å². The maximum atomic E-state index is 13.2. The van der Waals surface area contributed by atoms with Gasteiger partial charge in [-0.2, -0.15) is 16.1 Å². The number of hydrogen-bond donors (Lipinski definition) is 2. The van der Waals surface area contributed by atoms with Crippen LogP contribution in [-0.4, -0.2) is 51.9 Å². The van der Waals surface area contributed by atoms with E-state index in [-0.39, 0.29) is 11.4 Å². The molecule has 2 aromatic rings. The van der Waals surface area contributed by atoms with Gasteiger partial charge in [0.1, 0.15) is 18.4 Å². The van der Waals surface area contributed by atoms with Crippen LogP contribution < -0.4 is 10.2 Å². The van der Waals surface area contributed by atoms with Crippen molar-refractivity contribution in [3.63, 3.8) is 0 Å². The van der Waals surface area contributed by atoms with Crippen molar-refractivity contribution in [3.8, 4) is 5.75 Å². The number of benzene rings is 1. The van der Waals surface area contributed by atoms with Crippen LogP contribution in [-0.2, 0) is 21.4 Å². The molecular weight excluding hydrogens is 422 g/mol. The lowest BCUT2D eigenvalue weighted by Crippen LogP contribution is -2.61. The van der Waals surface area contributed by atoms with E-state index >= 15 is 0 Å².